The molecule has 0 spiro atoms. The van der Waals surface area contributed by atoms with Crippen molar-refractivity contribution in [3.05, 3.63) is 59.2 Å². The number of aromatic nitrogens is 2. The summed E-state index contributed by atoms with van der Waals surface area (Å²) in [5, 5.41) is 24.1. The van der Waals surface area contributed by atoms with E-state index >= 15 is 0 Å². The van der Waals surface area contributed by atoms with Gasteiger partial charge in [0.1, 0.15) is 5.82 Å². The zero-order chi connectivity index (χ0) is 31.3. The smallest absolute Gasteiger partial charge is 0.475 e. The van der Waals surface area contributed by atoms with Gasteiger partial charge in [-0.15, -0.1) is 11.3 Å². The minimum absolute atomic E-state index is 0.836. The fraction of sp³-hybridized carbons (Fsp3) is 0.385. The third-order valence-corrected chi connectivity index (χ3v) is 7.42. The summed E-state index contributed by atoms with van der Waals surface area (Å²) in [7, 11) is 0. The molecule has 0 atom stereocenters. The SMILES string of the molecule is Cc1csc(Nc2ncc(CCC3CCNCC3)cc2Sc2ccccc2)n1.O=C(O)C(F)(F)F.O=C(O)C(F)(F)F. The lowest BCUT2D eigenvalue weighted by Crippen LogP contribution is -2.27. The van der Waals surface area contributed by atoms with E-state index in [-0.39, 0.29) is 0 Å². The number of piperidine rings is 1. The zero-order valence-corrected chi connectivity index (χ0v) is 23.8. The Morgan fingerprint density at radius 2 is 1.62 bits per heavy atom. The number of pyridine rings is 1. The maximum Gasteiger partial charge on any atom is 0.490 e. The third-order valence-electron chi connectivity index (χ3n) is 5.51. The number of nitrogens with one attached hydrogen (secondary N) is 2. The van der Waals surface area contributed by atoms with Crippen molar-refractivity contribution in [2.24, 2.45) is 5.92 Å². The fourth-order valence-corrected chi connectivity index (χ4v) is 5.11. The molecular weight excluding hydrogens is 610 g/mol. The van der Waals surface area contributed by atoms with Crippen molar-refractivity contribution in [1.29, 1.82) is 0 Å². The number of alkyl halides is 6. The summed E-state index contributed by atoms with van der Waals surface area (Å²) < 4.78 is 63.5. The molecule has 1 saturated heterocycles. The Kier molecular flexibility index (Phi) is 13.5. The number of hydrogen-bond acceptors (Lipinski definition) is 8. The largest absolute Gasteiger partial charge is 0.490 e. The van der Waals surface area contributed by atoms with Crippen LogP contribution in [0.3, 0.4) is 0 Å². The number of nitrogens with zero attached hydrogens (tertiary/aromatic N) is 2. The highest BCUT2D eigenvalue weighted by molar-refractivity contribution is 7.99. The Balaban J connectivity index is 0.000000367. The van der Waals surface area contributed by atoms with E-state index in [1.165, 1.54) is 29.7 Å². The Labute approximate surface area is 245 Å². The molecule has 0 saturated carbocycles. The summed E-state index contributed by atoms with van der Waals surface area (Å²) in [6.45, 7) is 4.33. The number of hydrogen-bond donors (Lipinski definition) is 4. The minimum atomic E-state index is -5.08. The molecule has 1 aliphatic rings. The van der Waals surface area contributed by atoms with E-state index in [4.69, 9.17) is 24.8 Å². The standard InChI is InChI=1S/C22H26N4S2.2C2HF3O2/c1-16-15-27-22(25-16)26-21-20(28-19-5-3-2-4-6-19)13-18(14-24-21)8-7-17-9-11-23-12-10-17;2*3-2(4,5)1(6)7/h2-6,13-15,17,23H,7-12H2,1H3,(H,24,25,26);2*(H,6,7). The van der Waals surface area contributed by atoms with Crippen LogP contribution in [0.25, 0.3) is 0 Å². The summed E-state index contributed by atoms with van der Waals surface area (Å²) in [6.07, 6.45) is -3.21. The van der Waals surface area contributed by atoms with Crippen molar-refractivity contribution in [2.75, 3.05) is 18.4 Å². The van der Waals surface area contributed by atoms with Crippen molar-refractivity contribution >= 4 is 46.0 Å². The summed E-state index contributed by atoms with van der Waals surface area (Å²) in [6, 6.07) is 12.8. The van der Waals surface area contributed by atoms with Crippen molar-refractivity contribution in [3.63, 3.8) is 0 Å². The first-order chi connectivity index (χ1) is 19.6. The molecule has 0 radical (unpaired) electrons. The molecule has 2 aromatic heterocycles. The third kappa shape index (κ3) is 13.1. The second-order valence-electron chi connectivity index (χ2n) is 8.86. The highest BCUT2D eigenvalue weighted by atomic mass is 32.2. The molecule has 0 bridgehead atoms. The predicted molar refractivity (Wildman–Crippen MR) is 146 cm³/mol. The van der Waals surface area contributed by atoms with Crippen LogP contribution in [0.2, 0.25) is 0 Å². The van der Waals surface area contributed by atoms with Gasteiger partial charge in [-0.05, 0) is 75.4 Å². The lowest BCUT2D eigenvalue weighted by molar-refractivity contribution is -0.193. The van der Waals surface area contributed by atoms with Gasteiger partial charge in [0.25, 0.3) is 0 Å². The van der Waals surface area contributed by atoms with Gasteiger partial charge in [-0.25, -0.2) is 19.6 Å². The number of anilines is 2. The molecule has 1 fully saturated rings. The van der Waals surface area contributed by atoms with Crippen LogP contribution in [-0.4, -0.2) is 57.6 Å². The predicted octanol–water partition coefficient (Wildman–Crippen LogP) is 6.94. The number of aliphatic carboxylic acids is 2. The Bertz CT molecular complexity index is 1260. The van der Waals surface area contributed by atoms with E-state index in [1.54, 1.807) is 23.1 Å². The van der Waals surface area contributed by atoms with Gasteiger partial charge in [0, 0.05) is 16.5 Å². The molecule has 3 heterocycles. The number of carbonyl (C=O) groups is 2. The van der Waals surface area contributed by atoms with Gasteiger partial charge in [0.05, 0.1) is 10.6 Å². The molecular formula is C26H28F6N4O4S2. The van der Waals surface area contributed by atoms with E-state index in [0.29, 0.717) is 0 Å². The first-order valence-corrected chi connectivity index (χ1v) is 14.1. The lowest BCUT2D eigenvalue weighted by Gasteiger charge is -2.22. The second-order valence-corrected chi connectivity index (χ2v) is 10.8. The molecule has 16 heteroatoms. The number of thiazole rings is 1. The average molecular weight is 639 g/mol. The highest BCUT2D eigenvalue weighted by Crippen LogP contribution is 2.35. The number of halogens is 6. The van der Waals surface area contributed by atoms with E-state index in [1.807, 2.05) is 13.1 Å². The van der Waals surface area contributed by atoms with Crippen LogP contribution in [0.15, 0.2) is 57.8 Å². The van der Waals surface area contributed by atoms with Gasteiger partial charge in [-0.2, -0.15) is 26.3 Å². The van der Waals surface area contributed by atoms with E-state index in [9.17, 15) is 26.3 Å². The number of aryl methyl sites for hydroxylation is 2. The lowest BCUT2D eigenvalue weighted by atomic mass is 9.92. The number of rotatable bonds is 7. The van der Waals surface area contributed by atoms with E-state index in [2.05, 4.69) is 57.4 Å². The first-order valence-electron chi connectivity index (χ1n) is 12.4. The molecule has 3 aromatic rings. The molecule has 8 nitrogen and oxygen atoms in total. The van der Waals surface area contributed by atoms with Gasteiger partial charge in [-0.3, -0.25) is 0 Å². The van der Waals surface area contributed by atoms with E-state index in [0.717, 1.165) is 47.0 Å². The summed E-state index contributed by atoms with van der Waals surface area (Å²) >= 11 is 3.37. The molecule has 42 heavy (non-hydrogen) atoms. The summed E-state index contributed by atoms with van der Waals surface area (Å²) in [4.78, 5) is 29.5. The van der Waals surface area contributed by atoms with Gasteiger partial charge in [0.2, 0.25) is 0 Å². The maximum absolute atomic E-state index is 10.6. The highest BCUT2D eigenvalue weighted by Gasteiger charge is 2.38. The Hall–Kier alpha value is -3.37. The Morgan fingerprint density at radius 3 is 2.12 bits per heavy atom. The van der Waals surface area contributed by atoms with Crippen LogP contribution in [0.1, 0.15) is 30.5 Å². The molecule has 4 N–H and O–H groups in total. The molecule has 1 aromatic carbocycles. The zero-order valence-electron chi connectivity index (χ0n) is 22.1. The van der Waals surface area contributed by atoms with Crippen LogP contribution in [-0.2, 0) is 16.0 Å². The Morgan fingerprint density at radius 1 is 1.05 bits per heavy atom. The average Bonchev–Trinajstić information content (AvgIpc) is 3.34. The summed E-state index contributed by atoms with van der Waals surface area (Å²) in [5.41, 5.74) is 2.35. The van der Waals surface area contributed by atoms with Crippen molar-refractivity contribution in [3.8, 4) is 0 Å². The fourth-order valence-electron chi connectivity index (χ4n) is 3.46. The summed E-state index contributed by atoms with van der Waals surface area (Å²) in [5.74, 6) is -3.80. The molecule has 0 unspecified atom stereocenters. The van der Waals surface area contributed by atoms with Crippen LogP contribution in [0.4, 0.5) is 37.3 Å². The molecule has 0 amide bonds. The van der Waals surface area contributed by atoms with Gasteiger partial charge >= 0.3 is 24.3 Å². The van der Waals surface area contributed by atoms with Crippen LogP contribution < -0.4 is 10.6 Å². The number of carboxylic acid groups (broad SMARTS) is 2. The number of benzene rings is 1. The van der Waals surface area contributed by atoms with Crippen molar-refractivity contribution in [1.82, 2.24) is 15.3 Å². The minimum Gasteiger partial charge on any atom is -0.475 e. The molecule has 230 valence electrons. The monoisotopic (exact) mass is 638 g/mol. The first kappa shape index (κ1) is 34.8. The quantitative estimate of drug-likeness (QED) is 0.204. The van der Waals surface area contributed by atoms with Crippen LogP contribution in [0, 0.1) is 12.8 Å². The topological polar surface area (TPSA) is 124 Å². The molecule has 0 aliphatic carbocycles. The molecule has 4 rings (SSSR count). The van der Waals surface area contributed by atoms with Gasteiger partial charge < -0.3 is 20.8 Å². The molecule has 1 aliphatic heterocycles. The maximum atomic E-state index is 10.6. The van der Waals surface area contributed by atoms with Crippen LogP contribution in [0.5, 0.6) is 0 Å². The van der Waals surface area contributed by atoms with Gasteiger partial charge in [0.15, 0.2) is 5.13 Å². The van der Waals surface area contributed by atoms with Crippen molar-refractivity contribution in [2.45, 2.75) is 54.8 Å². The second kappa shape index (κ2) is 16.3. The normalized spacial score (nSPS) is 13.7. The van der Waals surface area contributed by atoms with Crippen LogP contribution >= 0.6 is 23.1 Å². The number of carboxylic acids is 2. The van der Waals surface area contributed by atoms with Crippen molar-refractivity contribution < 1.29 is 46.1 Å². The van der Waals surface area contributed by atoms with E-state index < -0.39 is 24.3 Å². The van der Waals surface area contributed by atoms with Gasteiger partial charge in [-0.1, -0.05) is 30.0 Å².